The van der Waals surface area contributed by atoms with Gasteiger partial charge in [0.1, 0.15) is 5.84 Å². The van der Waals surface area contributed by atoms with Crippen molar-refractivity contribution in [3.05, 3.63) is 48.1 Å². The first-order valence-electron chi connectivity index (χ1n) is 6.19. The van der Waals surface area contributed by atoms with Crippen molar-refractivity contribution in [1.82, 2.24) is 5.32 Å². The summed E-state index contributed by atoms with van der Waals surface area (Å²) in [4.78, 5) is 3.92. The maximum Gasteiger partial charge on any atom is 0.189 e. The van der Waals surface area contributed by atoms with Crippen LogP contribution >= 0.6 is 0 Å². The Morgan fingerprint density at radius 1 is 1.32 bits per heavy atom. The van der Waals surface area contributed by atoms with Gasteiger partial charge in [-0.3, -0.25) is 5.41 Å². The van der Waals surface area contributed by atoms with Crippen LogP contribution in [0.3, 0.4) is 0 Å². The fourth-order valence-corrected chi connectivity index (χ4v) is 1.59. The molecule has 1 rings (SSSR count). The van der Waals surface area contributed by atoms with Crippen LogP contribution in [0.2, 0.25) is 0 Å². The number of hydrogen-bond acceptors (Lipinski definition) is 2. The van der Waals surface area contributed by atoms with Gasteiger partial charge in [-0.05, 0) is 24.0 Å². The molecule has 1 aliphatic carbocycles. The van der Waals surface area contributed by atoms with Gasteiger partial charge in [-0.25, -0.2) is 4.99 Å². The molecule has 19 heavy (non-hydrogen) atoms. The zero-order valence-corrected chi connectivity index (χ0v) is 11.0. The fourth-order valence-electron chi connectivity index (χ4n) is 1.59. The number of nitrogens with zero attached hydrogens (tertiary/aromatic N) is 1. The Balaban J connectivity index is 2.27. The van der Waals surface area contributed by atoms with E-state index in [2.05, 4.69) is 23.0 Å². The van der Waals surface area contributed by atoms with E-state index in [1.165, 1.54) is 5.57 Å². The number of rotatable bonds is 6. The van der Waals surface area contributed by atoms with Gasteiger partial charge >= 0.3 is 0 Å². The predicted octanol–water partition coefficient (Wildman–Crippen LogP) is 1.22. The minimum atomic E-state index is 0.00300. The van der Waals surface area contributed by atoms with Crippen LogP contribution in [0.25, 0.3) is 0 Å². The van der Waals surface area contributed by atoms with Crippen molar-refractivity contribution in [2.24, 2.45) is 16.5 Å². The van der Waals surface area contributed by atoms with Crippen molar-refractivity contribution < 1.29 is 0 Å². The van der Waals surface area contributed by atoms with E-state index in [0.29, 0.717) is 5.96 Å². The van der Waals surface area contributed by atoms with E-state index in [4.69, 9.17) is 16.9 Å². The monoisotopic (exact) mass is 259 g/mol. The van der Waals surface area contributed by atoms with Gasteiger partial charge in [-0.2, -0.15) is 0 Å². The molecule has 1 aliphatic rings. The molecule has 102 valence electrons. The molecule has 0 aliphatic heterocycles. The first kappa shape index (κ1) is 14.8. The van der Waals surface area contributed by atoms with Gasteiger partial charge in [0.25, 0.3) is 0 Å². The highest BCUT2D eigenvalue weighted by Gasteiger charge is 2.01. The maximum absolute atomic E-state index is 7.03. The summed E-state index contributed by atoms with van der Waals surface area (Å²) in [5, 5.41) is 10.0. The lowest BCUT2D eigenvalue weighted by Gasteiger charge is -2.08. The molecule has 0 spiro atoms. The quantitative estimate of drug-likeness (QED) is 0.328. The number of guanidine groups is 1. The molecule has 0 aromatic heterocycles. The van der Waals surface area contributed by atoms with Crippen molar-refractivity contribution in [1.29, 1.82) is 5.41 Å². The molecule has 0 bridgehead atoms. The zero-order valence-electron chi connectivity index (χ0n) is 11.0. The number of allylic oxidation sites excluding steroid dienone is 7. The summed E-state index contributed by atoms with van der Waals surface area (Å²) in [5.41, 5.74) is 13.1. The Bertz CT molecular complexity index is 454. The average Bonchev–Trinajstić information content (AvgIpc) is 2.57. The van der Waals surface area contributed by atoms with Crippen LogP contribution in [0.15, 0.2) is 53.1 Å². The highest BCUT2D eigenvalue weighted by atomic mass is 15.1. The molecule has 5 heteroatoms. The Morgan fingerprint density at radius 3 is 2.84 bits per heavy atom. The lowest BCUT2D eigenvalue weighted by molar-refractivity contribution is 0.767. The summed E-state index contributed by atoms with van der Waals surface area (Å²) in [7, 11) is 0. The van der Waals surface area contributed by atoms with Crippen molar-refractivity contribution in [3.63, 3.8) is 0 Å². The van der Waals surface area contributed by atoms with Crippen LogP contribution in [0.4, 0.5) is 0 Å². The normalized spacial score (nSPS) is 15.1. The highest BCUT2D eigenvalue weighted by Crippen LogP contribution is 2.17. The van der Waals surface area contributed by atoms with Crippen molar-refractivity contribution >= 4 is 11.8 Å². The highest BCUT2D eigenvalue weighted by molar-refractivity contribution is 5.84. The van der Waals surface area contributed by atoms with Crippen molar-refractivity contribution in [2.45, 2.75) is 12.8 Å². The average molecular weight is 259 g/mol. The lowest BCUT2D eigenvalue weighted by atomic mass is 10.0. The number of nitrogens with one attached hydrogen (secondary N) is 2. The Hall–Kier alpha value is -2.30. The van der Waals surface area contributed by atoms with Gasteiger partial charge in [-0.15, -0.1) is 0 Å². The molecule has 0 saturated heterocycles. The van der Waals surface area contributed by atoms with E-state index in [1.807, 2.05) is 24.3 Å². The van der Waals surface area contributed by atoms with Gasteiger partial charge in [0.05, 0.1) is 6.54 Å². The number of nitrogens with two attached hydrogens (primary N) is 2. The Labute approximate surface area is 114 Å². The van der Waals surface area contributed by atoms with E-state index in [1.54, 1.807) is 0 Å². The molecule has 0 unspecified atom stereocenters. The van der Waals surface area contributed by atoms with E-state index in [0.717, 1.165) is 25.0 Å². The summed E-state index contributed by atoms with van der Waals surface area (Å²) < 4.78 is 0. The maximum atomic E-state index is 7.03. The SMILES string of the molecule is C=C1C=CC=CC=C1CCCNC(N)=NCC(=N)N. The van der Waals surface area contributed by atoms with Crippen LogP contribution in [-0.2, 0) is 0 Å². The van der Waals surface area contributed by atoms with Crippen LogP contribution in [0, 0.1) is 5.41 Å². The third kappa shape index (κ3) is 6.26. The van der Waals surface area contributed by atoms with Crippen molar-refractivity contribution in [2.75, 3.05) is 13.1 Å². The molecular formula is C14H21N5. The van der Waals surface area contributed by atoms with Gasteiger partial charge in [0.2, 0.25) is 0 Å². The van der Waals surface area contributed by atoms with Crippen LogP contribution in [-0.4, -0.2) is 24.9 Å². The van der Waals surface area contributed by atoms with Crippen LogP contribution in [0.5, 0.6) is 0 Å². The molecule has 0 amide bonds. The Morgan fingerprint density at radius 2 is 2.11 bits per heavy atom. The van der Waals surface area contributed by atoms with E-state index >= 15 is 0 Å². The second-order valence-electron chi connectivity index (χ2n) is 4.22. The summed E-state index contributed by atoms with van der Waals surface area (Å²) in [5.74, 6) is 0.326. The standard InChI is InChI=1S/C14H21N5/c1-11-6-3-2-4-7-12(11)8-5-9-18-14(17)19-10-13(15)16/h2-4,6-7H,1,5,8-10H2,(H3,15,16)(H3,17,18,19). The lowest BCUT2D eigenvalue weighted by Crippen LogP contribution is -2.33. The number of hydrogen-bond donors (Lipinski definition) is 4. The molecule has 0 fully saturated rings. The molecule has 0 heterocycles. The minimum absolute atomic E-state index is 0.00300. The first-order chi connectivity index (χ1) is 9.09. The predicted molar refractivity (Wildman–Crippen MR) is 81.1 cm³/mol. The van der Waals surface area contributed by atoms with E-state index in [-0.39, 0.29) is 12.4 Å². The van der Waals surface area contributed by atoms with Gasteiger partial charge in [-0.1, -0.05) is 37.0 Å². The smallest absolute Gasteiger partial charge is 0.189 e. The largest absolute Gasteiger partial charge is 0.386 e. The fraction of sp³-hybridized carbons (Fsp3) is 0.286. The van der Waals surface area contributed by atoms with Crippen LogP contribution in [0.1, 0.15) is 12.8 Å². The molecule has 5 nitrogen and oxygen atoms in total. The molecule has 0 saturated carbocycles. The summed E-state index contributed by atoms with van der Waals surface area (Å²) in [6.07, 6.45) is 11.9. The third-order valence-electron chi connectivity index (χ3n) is 2.58. The van der Waals surface area contributed by atoms with E-state index in [9.17, 15) is 0 Å². The number of aliphatic imine (C=N–C) groups is 1. The van der Waals surface area contributed by atoms with Crippen LogP contribution < -0.4 is 16.8 Å². The van der Waals surface area contributed by atoms with E-state index < -0.39 is 0 Å². The minimum Gasteiger partial charge on any atom is -0.386 e. The molecule has 0 aromatic carbocycles. The molecule has 0 aromatic rings. The third-order valence-corrected chi connectivity index (χ3v) is 2.58. The topological polar surface area (TPSA) is 100 Å². The summed E-state index contributed by atoms with van der Waals surface area (Å²) >= 11 is 0. The second-order valence-corrected chi connectivity index (χ2v) is 4.22. The second kappa shape index (κ2) is 7.92. The molecule has 6 N–H and O–H groups in total. The van der Waals surface area contributed by atoms with Gasteiger partial charge in [0.15, 0.2) is 5.96 Å². The van der Waals surface area contributed by atoms with Gasteiger partial charge in [0, 0.05) is 6.54 Å². The van der Waals surface area contributed by atoms with Gasteiger partial charge < -0.3 is 16.8 Å². The summed E-state index contributed by atoms with van der Waals surface area (Å²) in [6.45, 7) is 4.88. The molecular weight excluding hydrogens is 238 g/mol. The Kier molecular flexibility index (Phi) is 6.15. The summed E-state index contributed by atoms with van der Waals surface area (Å²) in [6, 6.07) is 0. The first-order valence-corrected chi connectivity index (χ1v) is 6.19. The number of amidine groups is 1. The molecule has 0 atom stereocenters. The van der Waals surface area contributed by atoms with Crippen molar-refractivity contribution in [3.8, 4) is 0 Å². The zero-order chi connectivity index (χ0) is 14.1. The molecule has 0 radical (unpaired) electrons.